The zero-order valence-electron chi connectivity index (χ0n) is 28.1. The van der Waals surface area contributed by atoms with E-state index in [0.29, 0.717) is 0 Å². The maximum atomic E-state index is 7.39. The van der Waals surface area contributed by atoms with Crippen LogP contribution in [0.1, 0.15) is 0 Å². The minimum atomic E-state index is -3.44. The Morgan fingerprint density at radius 3 is 1.15 bits per heavy atom. The summed E-state index contributed by atoms with van der Waals surface area (Å²) in [5, 5.41) is 1.00. The van der Waals surface area contributed by atoms with Crippen LogP contribution in [0.3, 0.4) is 0 Å². The van der Waals surface area contributed by atoms with E-state index >= 15 is 0 Å². The molecule has 48 heavy (non-hydrogen) atoms. The quantitative estimate of drug-likeness (QED) is 0.151. The first kappa shape index (κ1) is 33.9. The summed E-state index contributed by atoms with van der Waals surface area (Å²) in [5.41, 5.74) is 14.3. The summed E-state index contributed by atoms with van der Waals surface area (Å²) in [4.78, 5) is 0. The molecule has 0 bridgehead atoms. The van der Waals surface area contributed by atoms with E-state index in [2.05, 4.69) is 154 Å². The van der Waals surface area contributed by atoms with Crippen molar-refractivity contribution in [1.82, 2.24) is 0 Å². The van der Waals surface area contributed by atoms with Crippen LogP contribution in [0.25, 0.3) is 44.5 Å². The Morgan fingerprint density at radius 1 is 0.417 bits per heavy atom. The lowest BCUT2D eigenvalue weighted by Crippen LogP contribution is -2.70. The smallest absolute Gasteiger partial charge is 0.352 e. The molecule has 0 spiro atoms. The number of hydrogen-bond donors (Lipinski definition) is 0. The van der Waals surface area contributed by atoms with Crippen LogP contribution in [-0.2, 0) is 16.5 Å². The molecule has 1 aliphatic heterocycles. The molecule has 1 saturated heterocycles. The lowest BCUT2D eigenvalue weighted by atomic mass is 9.83. The molecule has 0 aliphatic carbocycles. The van der Waals surface area contributed by atoms with Gasteiger partial charge in [0.25, 0.3) is 0 Å². The summed E-state index contributed by atoms with van der Waals surface area (Å²) in [6.07, 6.45) is 0. The van der Waals surface area contributed by atoms with Crippen molar-refractivity contribution in [1.29, 1.82) is 0 Å². The molecule has 0 amide bonds. The molecule has 2 unspecified atom stereocenters. The van der Waals surface area contributed by atoms with Crippen LogP contribution in [0.2, 0.25) is 26.2 Å². The standard InChI is InChI=1S/C40H42O4Si4/c1-8-45(4)41-46(5,9-2)43-48(7,44-47(6,10-3)42-45)37-31-36(32-23-15-11-16-24-32)38(33-25-17-12-18-26-33)40(35-29-21-14-22-30-35)39(37)34-27-19-13-20-28-34/h8-31H,1-3H2,4-7H3. The second-order valence-corrected chi connectivity index (χ2v) is 25.6. The summed E-state index contributed by atoms with van der Waals surface area (Å²) in [5.74, 6) is 0. The van der Waals surface area contributed by atoms with Crippen molar-refractivity contribution in [2.75, 3.05) is 0 Å². The third-order valence-corrected chi connectivity index (χ3v) is 25.2. The molecule has 5 aromatic carbocycles. The number of benzene rings is 5. The topological polar surface area (TPSA) is 36.9 Å². The van der Waals surface area contributed by atoms with Gasteiger partial charge >= 0.3 is 34.2 Å². The fourth-order valence-electron chi connectivity index (χ4n) is 6.61. The highest BCUT2D eigenvalue weighted by Crippen LogP contribution is 2.46. The lowest BCUT2D eigenvalue weighted by molar-refractivity contribution is 0.251. The fourth-order valence-corrected chi connectivity index (χ4v) is 25.4. The van der Waals surface area contributed by atoms with Gasteiger partial charge in [-0.2, -0.15) is 0 Å². The van der Waals surface area contributed by atoms with Crippen molar-refractivity contribution in [2.45, 2.75) is 26.2 Å². The molecule has 0 aromatic heterocycles. The second kappa shape index (κ2) is 13.5. The van der Waals surface area contributed by atoms with Gasteiger partial charge in [-0.3, -0.25) is 0 Å². The van der Waals surface area contributed by atoms with Crippen molar-refractivity contribution >= 4 is 39.4 Å². The van der Waals surface area contributed by atoms with Crippen LogP contribution in [0.15, 0.2) is 164 Å². The van der Waals surface area contributed by atoms with Crippen molar-refractivity contribution in [3.05, 3.63) is 164 Å². The minimum Gasteiger partial charge on any atom is -0.410 e. The van der Waals surface area contributed by atoms with Crippen molar-refractivity contribution in [3.63, 3.8) is 0 Å². The van der Waals surface area contributed by atoms with E-state index in [1.165, 1.54) is 0 Å². The van der Waals surface area contributed by atoms with Crippen LogP contribution >= 0.6 is 0 Å². The Morgan fingerprint density at radius 2 is 0.750 bits per heavy atom. The van der Waals surface area contributed by atoms with Crippen LogP contribution in [0.4, 0.5) is 0 Å². The van der Waals surface area contributed by atoms with Gasteiger partial charge in [0.15, 0.2) is 0 Å². The van der Waals surface area contributed by atoms with Gasteiger partial charge in [-0.1, -0.05) is 138 Å². The van der Waals surface area contributed by atoms with Gasteiger partial charge in [-0.15, -0.1) is 19.7 Å². The first-order chi connectivity index (χ1) is 23.0. The monoisotopic (exact) mass is 698 g/mol. The molecule has 2 atom stereocenters. The first-order valence-corrected chi connectivity index (χ1v) is 25.7. The molecule has 0 N–H and O–H groups in total. The molecular formula is C40H42O4Si4. The SMILES string of the molecule is C=C[Si]1(C)O[Si](C)(C=C)O[Si](C)(c2cc(-c3ccccc3)c(-c3ccccc3)c(-c3ccccc3)c2-c2ccccc2)O[Si](C)(C=C)O1. The van der Waals surface area contributed by atoms with Gasteiger partial charge in [0.1, 0.15) is 0 Å². The molecule has 4 nitrogen and oxygen atoms in total. The van der Waals surface area contributed by atoms with Gasteiger partial charge in [0.05, 0.1) is 0 Å². The fraction of sp³-hybridized carbons (Fsp3) is 0.100. The molecule has 1 fully saturated rings. The Balaban J connectivity index is 1.80. The van der Waals surface area contributed by atoms with Crippen LogP contribution in [0, 0.1) is 0 Å². The van der Waals surface area contributed by atoms with Crippen molar-refractivity contribution in [3.8, 4) is 44.5 Å². The highest BCUT2D eigenvalue weighted by Gasteiger charge is 2.56. The maximum Gasteiger partial charge on any atom is 0.352 e. The van der Waals surface area contributed by atoms with E-state index < -0.39 is 34.2 Å². The summed E-state index contributed by atoms with van der Waals surface area (Å²) < 4.78 is 28.6. The maximum absolute atomic E-state index is 7.39. The van der Waals surface area contributed by atoms with Crippen LogP contribution < -0.4 is 5.19 Å². The lowest BCUT2D eigenvalue weighted by Gasteiger charge is -2.48. The molecule has 8 heteroatoms. The van der Waals surface area contributed by atoms with E-state index in [4.69, 9.17) is 16.5 Å². The van der Waals surface area contributed by atoms with E-state index in [0.717, 1.165) is 49.7 Å². The molecule has 1 aliphatic rings. The third kappa shape index (κ3) is 6.66. The highest BCUT2D eigenvalue weighted by atomic mass is 28.5. The van der Waals surface area contributed by atoms with E-state index in [9.17, 15) is 0 Å². The molecule has 1 heterocycles. The molecule has 242 valence electrons. The van der Waals surface area contributed by atoms with Crippen LogP contribution in [0.5, 0.6) is 0 Å². The summed E-state index contributed by atoms with van der Waals surface area (Å²) in [6, 6.07) is 44.7. The van der Waals surface area contributed by atoms with Gasteiger partial charge in [0.2, 0.25) is 0 Å². The van der Waals surface area contributed by atoms with Gasteiger partial charge in [-0.25, -0.2) is 0 Å². The minimum absolute atomic E-state index is 1.00. The van der Waals surface area contributed by atoms with Gasteiger partial charge in [0, 0.05) is 5.19 Å². The highest BCUT2D eigenvalue weighted by molar-refractivity contribution is 7.01. The second-order valence-electron chi connectivity index (χ2n) is 12.6. The molecule has 0 saturated carbocycles. The predicted molar refractivity (Wildman–Crippen MR) is 209 cm³/mol. The molecule has 0 radical (unpaired) electrons. The van der Waals surface area contributed by atoms with Crippen LogP contribution in [-0.4, -0.2) is 34.2 Å². The summed E-state index contributed by atoms with van der Waals surface area (Å²) in [7, 11) is -12.5. The van der Waals surface area contributed by atoms with Crippen molar-refractivity contribution < 1.29 is 16.5 Å². The number of rotatable bonds is 8. The van der Waals surface area contributed by atoms with Gasteiger partial charge in [-0.05, 0) is 76.8 Å². The largest absolute Gasteiger partial charge is 0.410 e. The summed E-state index contributed by atoms with van der Waals surface area (Å²) >= 11 is 0. The zero-order chi connectivity index (χ0) is 34.0. The predicted octanol–water partition coefficient (Wildman–Crippen LogP) is 10.1. The Bertz CT molecular complexity index is 1910. The normalized spacial score (nSPS) is 25.8. The molecule has 6 rings (SSSR count). The Hall–Kier alpha value is -3.97. The van der Waals surface area contributed by atoms with E-state index in [-0.39, 0.29) is 0 Å². The number of hydrogen-bond acceptors (Lipinski definition) is 4. The third-order valence-electron chi connectivity index (χ3n) is 8.81. The average molecular weight is 699 g/mol. The zero-order valence-corrected chi connectivity index (χ0v) is 32.1. The Labute approximate surface area is 289 Å². The average Bonchev–Trinajstić information content (AvgIpc) is 3.11. The molecular weight excluding hydrogens is 657 g/mol. The molecule has 5 aromatic rings. The van der Waals surface area contributed by atoms with E-state index in [1.54, 1.807) is 5.70 Å². The first-order valence-electron chi connectivity index (χ1n) is 16.2. The van der Waals surface area contributed by atoms with Gasteiger partial charge < -0.3 is 16.5 Å². The Kier molecular flexibility index (Phi) is 9.54. The van der Waals surface area contributed by atoms with Crippen molar-refractivity contribution in [2.24, 2.45) is 0 Å². The van der Waals surface area contributed by atoms with E-state index in [1.807, 2.05) is 31.0 Å². The summed E-state index contributed by atoms with van der Waals surface area (Å²) in [6.45, 7) is 20.7.